The number of ether oxygens (including phenoxy) is 1. The lowest BCUT2D eigenvalue weighted by Crippen LogP contribution is -2.43. The lowest BCUT2D eigenvalue weighted by molar-refractivity contribution is -0.121. The molecule has 0 aliphatic carbocycles. The van der Waals surface area contributed by atoms with Crippen LogP contribution in [0.1, 0.15) is 40.5 Å². The molecule has 0 bridgehead atoms. The van der Waals surface area contributed by atoms with Gasteiger partial charge in [0.05, 0.1) is 28.4 Å². The molecular formula is C22H28BrN3O3S. The van der Waals surface area contributed by atoms with Gasteiger partial charge in [-0.15, -0.1) is 11.3 Å². The Bertz CT molecular complexity index is 850. The summed E-state index contributed by atoms with van der Waals surface area (Å²) in [5.74, 6) is 0.515. The topological polar surface area (TPSA) is 61.9 Å². The lowest BCUT2D eigenvalue weighted by atomic mass is 10.0. The Balaban J connectivity index is 1.60. The van der Waals surface area contributed by atoms with Crippen molar-refractivity contribution in [2.45, 2.75) is 25.3 Å². The van der Waals surface area contributed by atoms with E-state index in [1.165, 1.54) is 35.5 Å². The van der Waals surface area contributed by atoms with E-state index in [-0.39, 0.29) is 24.4 Å². The normalized spacial score (nSPS) is 15.4. The van der Waals surface area contributed by atoms with Crippen LogP contribution in [-0.4, -0.2) is 62.0 Å². The van der Waals surface area contributed by atoms with Crippen LogP contribution in [-0.2, 0) is 4.79 Å². The monoisotopic (exact) mass is 493 g/mol. The number of halogens is 1. The number of benzene rings is 1. The SMILES string of the molecule is COc1ccc(C(CNC(=O)CN(C)C(=O)c2ccc(Br)s2)N2CCCCC2)cc1. The van der Waals surface area contributed by atoms with Crippen molar-refractivity contribution in [1.82, 2.24) is 15.1 Å². The molecule has 1 unspecified atom stereocenters. The lowest BCUT2D eigenvalue weighted by Gasteiger charge is -2.35. The fourth-order valence-electron chi connectivity index (χ4n) is 3.68. The van der Waals surface area contributed by atoms with E-state index in [1.54, 1.807) is 20.2 Å². The summed E-state index contributed by atoms with van der Waals surface area (Å²) < 4.78 is 6.17. The zero-order valence-electron chi connectivity index (χ0n) is 17.4. The molecule has 2 amide bonds. The molecule has 0 saturated carbocycles. The predicted molar refractivity (Wildman–Crippen MR) is 123 cm³/mol. The first-order valence-electron chi connectivity index (χ1n) is 10.1. The Hall–Kier alpha value is -1.90. The molecule has 1 fully saturated rings. The molecule has 0 spiro atoms. The van der Waals surface area contributed by atoms with Gasteiger partial charge in [0.1, 0.15) is 5.75 Å². The van der Waals surface area contributed by atoms with Crippen LogP contribution in [0, 0.1) is 0 Å². The van der Waals surface area contributed by atoms with E-state index in [2.05, 4.69) is 38.3 Å². The van der Waals surface area contributed by atoms with Crippen molar-refractivity contribution >= 4 is 39.1 Å². The zero-order valence-corrected chi connectivity index (χ0v) is 19.8. The average molecular weight is 494 g/mol. The van der Waals surface area contributed by atoms with Crippen LogP contribution in [0.5, 0.6) is 5.75 Å². The van der Waals surface area contributed by atoms with Crippen molar-refractivity contribution in [3.05, 3.63) is 50.6 Å². The third-order valence-electron chi connectivity index (χ3n) is 5.34. The number of carbonyl (C=O) groups excluding carboxylic acids is 2. The fourth-order valence-corrected chi connectivity index (χ4v) is 5.07. The zero-order chi connectivity index (χ0) is 21.5. The van der Waals surface area contributed by atoms with Gasteiger partial charge in [-0.1, -0.05) is 18.6 Å². The van der Waals surface area contributed by atoms with Gasteiger partial charge in [0.2, 0.25) is 5.91 Å². The van der Waals surface area contributed by atoms with Crippen LogP contribution < -0.4 is 10.1 Å². The molecule has 162 valence electrons. The van der Waals surface area contributed by atoms with Crippen molar-refractivity contribution < 1.29 is 14.3 Å². The molecule has 3 rings (SSSR count). The molecule has 1 N–H and O–H groups in total. The van der Waals surface area contributed by atoms with Gasteiger partial charge in [0.15, 0.2) is 0 Å². The van der Waals surface area contributed by atoms with Crippen molar-refractivity contribution in [2.75, 3.05) is 40.3 Å². The van der Waals surface area contributed by atoms with E-state index in [0.29, 0.717) is 11.4 Å². The Kier molecular flexibility index (Phi) is 8.30. The maximum absolute atomic E-state index is 12.6. The maximum Gasteiger partial charge on any atom is 0.264 e. The Morgan fingerprint density at radius 2 is 1.87 bits per heavy atom. The highest BCUT2D eigenvalue weighted by Crippen LogP contribution is 2.26. The first kappa shape index (κ1) is 22.8. The highest BCUT2D eigenvalue weighted by Gasteiger charge is 2.24. The van der Waals surface area contributed by atoms with Crippen molar-refractivity contribution in [3.8, 4) is 5.75 Å². The average Bonchev–Trinajstić information content (AvgIpc) is 3.20. The summed E-state index contributed by atoms with van der Waals surface area (Å²) in [5, 5.41) is 3.04. The molecule has 1 aromatic carbocycles. The van der Waals surface area contributed by atoms with Crippen molar-refractivity contribution in [3.63, 3.8) is 0 Å². The summed E-state index contributed by atoms with van der Waals surface area (Å²) in [4.78, 5) is 29.5. The molecule has 1 atom stereocenters. The highest BCUT2D eigenvalue weighted by atomic mass is 79.9. The van der Waals surface area contributed by atoms with Gasteiger partial charge in [-0.05, 0) is 71.7 Å². The largest absolute Gasteiger partial charge is 0.497 e. The molecule has 8 heteroatoms. The molecule has 30 heavy (non-hydrogen) atoms. The van der Waals surface area contributed by atoms with Crippen LogP contribution in [0.4, 0.5) is 0 Å². The molecular weight excluding hydrogens is 466 g/mol. The summed E-state index contributed by atoms with van der Waals surface area (Å²) in [5.41, 5.74) is 1.16. The van der Waals surface area contributed by atoms with Crippen LogP contribution in [0.2, 0.25) is 0 Å². The number of hydrogen-bond acceptors (Lipinski definition) is 5. The fraction of sp³-hybridized carbons (Fsp3) is 0.455. The van der Waals surface area contributed by atoms with Crippen LogP contribution in [0.25, 0.3) is 0 Å². The predicted octanol–water partition coefficient (Wildman–Crippen LogP) is 3.93. The molecule has 2 heterocycles. The molecule has 2 aromatic rings. The highest BCUT2D eigenvalue weighted by molar-refractivity contribution is 9.11. The second-order valence-corrected chi connectivity index (χ2v) is 9.92. The minimum absolute atomic E-state index is 0.0314. The van der Waals surface area contributed by atoms with Crippen molar-refractivity contribution in [1.29, 1.82) is 0 Å². The van der Waals surface area contributed by atoms with E-state index < -0.39 is 0 Å². The third-order valence-corrected chi connectivity index (χ3v) is 6.95. The van der Waals surface area contributed by atoms with Gasteiger partial charge >= 0.3 is 0 Å². The molecule has 1 aliphatic rings. The number of likely N-dealkylation sites (N-methyl/N-ethyl adjacent to an activating group) is 1. The Labute approximate surface area is 190 Å². The Morgan fingerprint density at radius 1 is 1.17 bits per heavy atom. The number of likely N-dealkylation sites (tertiary alicyclic amines) is 1. The van der Waals surface area contributed by atoms with Crippen molar-refractivity contribution in [2.24, 2.45) is 0 Å². The second-order valence-electron chi connectivity index (χ2n) is 7.45. The molecule has 6 nitrogen and oxygen atoms in total. The van der Waals surface area contributed by atoms with E-state index in [1.807, 2.05) is 18.2 Å². The van der Waals surface area contributed by atoms with Gasteiger partial charge in [-0.25, -0.2) is 0 Å². The van der Waals surface area contributed by atoms with Crippen LogP contribution >= 0.6 is 27.3 Å². The number of nitrogens with zero attached hydrogens (tertiary/aromatic N) is 2. The van der Waals surface area contributed by atoms with Gasteiger partial charge in [-0.3, -0.25) is 14.5 Å². The molecule has 1 aromatic heterocycles. The number of methoxy groups -OCH3 is 1. The summed E-state index contributed by atoms with van der Waals surface area (Å²) in [7, 11) is 3.31. The van der Waals surface area contributed by atoms with Crippen LogP contribution in [0.3, 0.4) is 0 Å². The van der Waals surface area contributed by atoms with E-state index in [9.17, 15) is 9.59 Å². The van der Waals surface area contributed by atoms with Gasteiger partial charge < -0.3 is 15.0 Å². The standard InChI is InChI=1S/C22H28BrN3O3S/c1-25(22(28)19-10-11-20(23)30-19)15-21(27)24-14-18(26-12-4-3-5-13-26)16-6-8-17(29-2)9-7-16/h6-11,18H,3-5,12-15H2,1-2H3,(H,24,27). The molecule has 0 radical (unpaired) electrons. The van der Waals surface area contributed by atoms with E-state index in [4.69, 9.17) is 4.74 Å². The number of amides is 2. The van der Waals surface area contributed by atoms with E-state index >= 15 is 0 Å². The van der Waals surface area contributed by atoms with Gasteiger partial charge in [0.25, 0.3) is 5.91 Å². The number of piperidine rings is 1. The molecule has 1 aliphatic heterocycles. The van der Waals surface area contributed by atoms with Gasteiger partial charge in [0, 0.05) is 13.6 Å². The second kappa shape index (κ2) is 10.9. The summed E-state index contributed by atoms with van der Waals surface area (Å²) in [6.45, 7) is 2.60. The van der Waals surface area contributed by atoms with Gasteiger partial charge in [-0.2, -0.15) is 0 Å². The number of carbonyl (C=O) groups is 2. The van der Waals surface area contributed by atoms with E-state index in [0.717, 1.165) is 28.2 Å². The smallest absolute Gasteiger partial charge is 0.264 e. The number of nitrogens with one attached hydrogen (secondary N) is 1. The van der Waals surface area contributed by atoms with Crippen LogP contribution in [0.15, 0.2) is 40.2 Å². The summed E-state index contributed by atoms with van der Waals surface area (Å²) in [6.07, 6.45) is 3.60. The summed E-state index contributed by atoms with van der Waals surface area (Å²) in [6, 6.07) is 11.8. The summed E-state index contributed by atoms with van der Waals surface area (Å²) >= 11 is 4.73. The quantitative estimate of drug-likeness (QED) is 0.604. The maximum atomic E-state index is 12.6. The Morgan fingerprint density at radius 3 is 2.47 bits per heavy atom. The first-order chi connectivity index (χ1) is 14.5. The number of rotatable bonds is 8. The molecule has 1 saturated heterocycles. The first-order valence-corrected chi connectivity index (χ1v) is 11.7. The third kappa shape index (κ3) is 6.06. The number of hydrogen-bond donors (Lipinski definition) is 1. The minimum atomic E-state index is -0.156. The number of thiophene rings is 1. The minimum Gasteiger partial charge on any atom is -0.497 e.